The highest BCUT2D eigenvalue weighted by Crippen LogP contribution is 2.37. The van der Waals surface area contributed by atoms with Crippen molar-refractivity contribution in [1.29, 1.82) is 0 Å². The van der Waals surface area contributed by atoms with Crippen LogP contribution in [0, 0.1) is 0 Å². The maximum atomic E-state index is 14.1. The van der Waals surface area contributed by atoms with Crippen LogP contribution >= 0.6 is 0 Å². The SMILES string of the molecule is COC(=O)/C=C/C(=O)Oc1ccc(-c2oc3cc(OC(=O)/C=C/C(=O)OC)cc(OC(=O)/C=C/C(=O)OC)c3c(=O)c2OC(=O)/C=C/C(=O)OC)cc1. The van der Waals surface area contributed by atoms with Gasteiger partial charge in [0, 0.05) is 66.3 Å². The smallest absolute Gasteiger partial charge is 0.336 e. The Hall–Kier alpha value is -7.63. The summed E-state index contributed by atoms with van der Waals surface area (Å²) in [5.41, 5.74) is -1.52. The van der Waals surface area contributed by atoms with E-state index in [1.807, 2.05) is 0 Å². The normalized spacial score (nSPS) is 11.0. The molecule has 0 saturated carbocycles. The topological polar surface area (TPSA) is 241 Å². The van der Waals surface area contributed by atoms with Crippen molar-refractivity contribution < 1.29 is 80.7 Å². The summed E-state index contributed by atoms with van der Waals surface area (Å²) in [6.07, 6.45) is 5.83. The number of carbonyl (C=O) groups is 8. The van der Waals surface area contributed by atoms with Crippen molar-refractivity contribution in [2.24, 2.45) is 0 Å². The van der Waals surface area contributed by atoms with Crippen molar-refractivity contribution in [3.05, 3.63) is 95.2 Å². The van der Waals surface area contributed by atoms with E-state index in [-0.39, 0.29) is 17.1 Å². The monoisotopic (exact) mass is 734 g/mol. The van der Waals surface area contributed by atoms with Crippen LogP contribution in [0.2, 0.25) is 0 Å². The highest BCUT2D eigenvalue weighted by Gasteiger charge is 2.25. The summed E-state index contributed by atoms with van der Waals surface area (Å²) in [4.78, 5) is 110. The number of esters is 8. The van der Waals surface area contributed by atoms with Crippen molar-refractivity contribution in [3.63, 3.8) is 0 Å². The van der Waals surface area contributed by atoms with Crippen LogP contribution in [0.25, 0.3) is 22.3 Å². The van der Waals surface area contributed by atoms with Gasteiger partial charge in [0.1, 0.15) is 28.2 Å². The van der Waals surface area contributed by atoms with Crippen molar-refractivity contribution in [2.45, 2.75) is 0 Å². The van der Waals surface area contributed by atoms with E-state index < -0.39 is 81.4 Å². The van der Waals surface area contributed by atoms with E-state index in [9.17, 15) is 43.2 Å². The average Bonchev–Trinajstić information content (AvgIpc) is 3.15. The second-order valence-electron chi connectivity index (χ2n) is 9.52. The van der Waals surface area contributed by atoms with Gasteiger partial charge in [-0.15, -0.1) is 0 Å². The molecule has 0 amide bonds. The lowest BCUT2D eigenvalue weighted by atomic mass is 10.1. The maximum absolute atomic E-state index is 14.1. The fourth-order valence-electron chi connectivity index (χ4n) is 3.73. The Morgan fingerprint density at radius 1 is 0.491 bits per heavy atom. The Labute approximate surface area is 297 Å². The lowest BCUT2D eigenvalue weighted by molar-refractivity contribution is -0.136. The minimum atomic E-state index is -1.26. The maximum Gasteiger partial charge on any atom is 0.336 e. The van der Waals surface area contributed by atoms with E-state index in [2.05, 4.69) is 18.9 Å². The molecule has 0 aliphatic rings. The van der Waals surface area contributed by atoms with Crippen molar-refractivity contribution in [2.75, 3.05) is 28.4 Å². The Bertz CT molecular complexity index is 2130. The van der Waals surface area contributed by atoms with Gasteiger partial charge < -0.3 is 42.3 Å². The van der Waals surface area contributed by atoms with Gasteiger partial charge in [-0.05, 0) is 24.3 Å². The second-order valence-corrected chi connectivity index (χ2v) is 9.52. The van der Waals surface area contributed by atoms with E-state index in [0.717, 1.165) is 58.8 Å². The summed E-state index contributed by atoms with van der Waals surface area (Å²) < 4.78 is 44.5. The second kappa shape index (κ2) is 18.9. The molecule has 18 heteroatoms. The molecule has 1 aromatic heterocycles. The number of hydrogen-bond donors (Lipinski definition) is 0. The quantitative estimate of drug-likeness (QED) is 0.106. The molecule has 1 heterocycles. The van der Waals surface area contributed by atoms with Gasteiger partial charge in [0.25, 0.3) is 0 Å². The zero-order chi connectivity index (χ0) is 39.1. The first kappa shape index (κ1) is 39.8. The third-order valence-electron chi connectivity index (χ3n) is 6.08. The third-order valence-corrected chi connectivity index (χ3v) is 6.08. The average molecular weight is 735 g/mol. The third kappa shape index (κ3) is 11.7. The first-order chi connectivity index (χ1) is 25.3. The fraction of sp³-hybridized carbons (Fsp3) is 0.114. The van der Waals surface area contributed by atoms with Gasteiger partial charge in [-0.3, -0.25) is 4.79 Å². The number of rotatable bonds is 13. The summed E-state index contributed by atoms with van der Waals surface area (Å²) in [5, 5.41) is -0.541. The molecular formula is C35H26O18. The first-order valence-corrected chi connectivity index (χ1v) is 14.4. The van der Waals surface area contributed by atoms with Crippen LogP contribution in [-0.4, -0.2) is 76.2 Å². The summed E-state index contributed by atoms with van der Waals surface area (Å²) in [7, 11) is 4.28. The predicted molar refractivity (Wildman–Crippen MR) is 175 cm³/mol. The van der Waals surface area contributed by atoms with Gasteiger partial charge in [0.05, 0.1) is 28.4 Å². The molecule has 274 valence electrons. The van der Waals surface area contributed by atoms with Gasteiger partial charge in [-0.1, -0.05) is 0 Å². The van der Waals surface area contributed by atoms with E-state index >= 15 is 0 Å². The van der Waals surface area contributed by atoms with Gasteiger partial charge >= 0.3 is 47.8 Å². The summed E-state index contributed by atoms with van der Waals surface area (Å²) in [6.45, 7) is 0. The molecule has 0 aliphatic heterocycles. The molecule has 3 rings (SSSR count). The van der Waals surface area contributed by atoms with Crippen LogP contribution in [0.5, 0.6) is 23.0 Å². The Morgan fingerprint density at radius 3 is 1.34 bits per heavy atom. The molecule has 0 N–H and O–H groups in total. The van der Waals surface area contributed by atoms with E-state index in [0.29, 0.717) is 30.4 Å². The molecule has 0 saturated heterocycles. The van der Waals surface area contributed by atoms with Crippen LogP contribution in [0.15, 0.2) is 94.2 Å². The first-order valence-electron chi connectivity index (χ1n) is 14.4. The molecule has 0 aliphatic carbocycles. The standard InChI is InChI=1S/C35H26O18/c1-45-24(36)9-13-28(40)49-20-7-5-19(6-8-20)34-35(53-31(43)16-12-27(39)48-4)33(44)32-22(51-30(42)15-11-26(38)47-3)17-21(18-23(32)52-34)50-29(41)14-10-25(37)46-2/h5-18H,1-4H3/b13-9+,14-10+,15-11+,16-12+. The summed E-state index contributed by atoms with van der Waals surface area (Å²) >= 11 is 0. The number of hydrogen-bond acceptors (Lipinski definition) is 18. The minimum Gasteiger partial charge on any atom is -0.466 e. The lowest BCUT2D eigenvalue weighted by Gasteiger charge is -2.13. The number of methoxy groups -OCH3 is 4. The number of ether oxygens (including phenoxy) is 8. The van der Waals surface area contributed by atoms with Crippen molar-refractivity contribution in [1.82, 2.24) is 0 Å². The zero-order valence-electron chi connectivity index (χ0n) is 27.9. The number of benzene rings is 2. The summed E-state index contributed by atoms with van der Waals surface area (Å²) in [6, 6.07) is 6.99. The zero-order valence-corrected chi connectivity index (χ0v) is 27.9. The molecule has 18 nitrogen and oxygen atoms in total. The Kier molecular flexibility index (Phi) is 14.2. The molecule has 0 bridgehead atoms. The molecule has 2 aromatic carbocycles. The Balaban J connectivity index is 2.24. The summed E-state index contributed by atoms with van der Waals surface area (Å²) in [5.74, 6) is -10.4. The minimum absolute atomic E-state index is 0.0246. The van der Waals surface area contributed by atoms with Crippen LogP contribution in [0.1, 0.15) is 0 Å². The predicted octanol–water partition coefficient (Wildman–Crippen LogP) is 2.00. The van der Waals surface area contributed by atoms with Gasteiger partial charge in [-0.2, -0.15) is 0 Å². The highest BCUT2D eigenvalue weighted by molar-refractivity contribution is 5.98. The van der Waals surface area contributed by atoms with E-state index in [4.69, 9.17) is 23.4 Å². The largest absolute Gasteiger partial charge is 0.466 e. The molecule has 53 heavy (non-hydrogen) atoms. The van der Waals surface area contributed by atoms with Crippen LogP contribution < -0.4 is 24.4 Å². The van der Waals surface area contributed by atoms with E-state index in [1.165, 1.54) is 24.3 Å². The molecule has 3 aromatic rings. The van der Waals surface area contributed by atoms with Crippen LogP contribution in [-0.2, 0) is 57.3 Å². The van der Waals surface area contributed by atoms with Crippen LogP contribution in [0.4, 0.5) is 0 Å². The molecule has 0 unspecified atom stereocenters. The fourth-order valence-corrected chi connectivity index (χ4v) is 3.73. The molecule has 0 radical (unpaired) electrons. The molecular weight excluding hydrogens is 708 g/mol. The van der Waals surface area contributed by atoms with Gasteiger partial charge in [0.2, 0.25) is 11.2 Å². The number of carbonyl (C=O) groups excluding carboxylic acids is 8. The van der Waals surface area contributed by atoms with Gasteiger partial charge in [0.15, 0.2) is 5.76 Å². The Morgan fingerprint density at radius 2 is 0.887 bits per heavy atom. The molecule has 0 atom stereocenters. The van der Waals surface area contributed by atoms with Crippen LogP contribution in [0.3, 0.4) is 0 Å². The molecule has 0 spiro atoms. The van der Waals surface area contributed by atoms with Crippen molar-refractivity contribution in [3.8, 4) is 34.3 Å². The highest BCUT2D eigenvalue weighted by atomic mass is 16.6. The van der Waals surface area contributed by atoms with E-state index in [1.54, 1.807) is 0 Å². The lowest BCUT2D eigenvalue weighted by Crippen LogP contribution is -2.16. The van der Waals surface area contributed by atoms with Gasteiger partial charge in [-0.25, -0.2) is 38.4 Å². The molecule has 0 fully saturated rings. The van der Waals surface area contributed by atoms with Crippen molar-refractivity contribution >= 4 is 58.7 Å². The number of fused-ring (bicyclic) bond motifs is 1.